The van der Waals surface area contributed by atoms with Crippen LogP contribution in [0.1, 0.15) is 40.0 Å². The van der Waals surface area contributed by atoms with Crippen molar-refractivity contribution in [3.8, 4) is 5.75 Å². The fraction of sp³-hybridized carbons (Fsp3) is 0.667. The first-order valence-electron chi connectivity index (χ1n) is 8.26. The number of hydrogen-bond acceptors (Lipinski definition) is 3. The lowest BCUT2D eigenvalue weighted by atomic mass is 10.0. The second kappa shape index (κ2) is 8.40. The van der Waals surface area contributed by atoms with Crippen molar-refractivity contribution < 1.29 is 9.47 Å². The van der Waals surface area contributed by atoms with Crippen LogP contribution in [-0.2, 0) is 4.74 Å². The molecule has 0 radical (unpaired) electrons. The Labute approximate surface area is 129 Å². The molecule has 0 N–H and O–H groups in total. The SMILES string of the molecule is CCCC(CCOc1ccccc1)N1CC(C)OC(C)C1. The Kier molecular flexibility index (Phi) is 6.52. The Bertz CT molecular complexity index is 385. The van der Waals surface area contributed by atoms with Gasteiger partial charge in [0.2, 0.25) is 0 Å². The highest BCUT2D eigenvalue weighted by molar-refractivity contribution is 5.20. The topological polar surface area (TPSA) is 21.7 Å². The summed E-state index contributed by atoms with van der Waals surface area (Å²) in [6.45, 7) is 9.48. The molecular weight excluding hydrogens is 262 g/mol. The van der Waals surface area contributed by atoms with E-state index in [0.717, 1.165) is 31.9 Å². The van der Waals surface area contributed by atoms with E-state index in [9.17, 15) is 0 Å². The van der Waals surface area contributed by atoms with Crippen molar-refractivity contribution in [1.82, 2.24) is 4.90 Å². The fourth-order valence-electron chi connectivity index (χ4n) is 3.19. The molecule has 2 rings (SSSR count). The van der Waals surface area contributed by atoms with Crippen LogP contribution in [0.2, 0.25) is 0 Å². The Balaban J connectivity index is 1.83. The summed E-state index contributed by atoms with van der Waals surface area (Å²) < 4.78 is 11.7. The highest BCUT2D eigenvalue weighted by Gasteiger charge is 2.27. The van der Waals surface area contributed by atoms with Gasteiger partial charge in [0, 0.05) is 19.1 Å². The molecule has 3 atom stereocenters. The summed E-state index contributed by atoms with van der Waals surface area (Å²) in [5, 5.41) is 0. The average Bonchev–Trinajstić information content (AvgIpc) is 2.46. The number of para-hydroxylation sites is 1. The molecule has 118 valence electrons. The summed E-state index contributed by atoms with van der Waals surface area (Å²) in [5.74, 6) is 0.969. The molecule has 0 aromatic heterocycles. The van der Waals surface area contributed by atoms with Crippen molar-refractivity contribution >= 4 is 0 Å². The molecule has 0 spiro atoms. The summed E-state index contributed by atoms with van der Waals surface area (Å²) in [4.78, 5) is 2.59. The number of ether oxygens (including phenoxy) is 2. The van der Waals surface area contributed by atoms with Crippen LogP contribution in [0.3, 0.4) is 0 Å². The molecule has 0 saturated carbocycles. The third-order valence-corrected chi connectivity index (χ3v) is 4.05. The van der Waals surface area contributed by atoms with E-state index in [4.69, 9.17) is 9.47 Å². The molecule has 1 saturated heterocycles. The quantitative estimate of drug-likeness (QED) is 0.764. The van der Waals surface area contributed by atoms with Gasteiger partial charge in [-0.2, -0.15) is 0 Å². The van der Waals surface area contributed by atoms with Gasteiger partial charge in [-0.25, -0.2) is 0 Å². The Morgan fingerprint density at radius 2 is 1.81 bits per heavy atom. The van der Waals surface area contributed by atoms with Crippen LogP contribution in [0.15, 0.2) is 30.3 Å². The lowest BCUT2D eigenvalue weighted by Gasteiger charge is -2.40. The van der Waals surface area contributed by atoms with Crippen LogP contribution in [-0.4, -0.2) is 42.8 Å². The minimum Gasteiger partial charge on any atom is -0.494 e. The first kappa shape index (κ1) is 16.3. The van der Waals surface area contributed by atoms with Gasteiger partial charge >= 0.3 is 0 Å². The molecule has 0 bridgehead atoms. The molecule has 1 fully saturated rings. The molecule has 1 aromatic rings. The van der Waals surface area contributed by atoms with Crippen molar-refractivity contribution in [1.29, 1.82) is 0 Å². The maximum absolute atomic E-state index is 5.87. The Morgan fingerprint density at radius 1 is 1.14 bits per heavy atom. The minimum absolute atomic E-state index is 0.336. The molecule has 3 unspecified atom stereocenters. The number of benzene rings is 1. The molecule has 1 heterocycles. The maximum Gasteiger partial charge on any atom is 0.119 e. The smallest absolute Gasteiger partial charge is 0.119 e. The molecule has 1 aliphatic heterocycles. The summed E-state index contributed by atoms with van der Waals surface area (Å²) in [6, 6.07) is 10.7. The standard InChI is InChI=1S/C18H29NO2/c1-4-8-17(19-13-15(2)21-16(3)14-19)11-12-20-18-9-6-5-7-10-18/h5-7,9-10,15-17H,4,8,11-14H2,1-3H3. The number of nitrogens with zero attached hydrogens (tertiary/aromatic N) is 1. The van der Waals surface area contributed by atoms with Gasteiger partial charge in [0.1, 0.15) is 5.75 Å². The predicted octanol–water partition coefficient (Wildman–Crippen LogP) is 3.73. The lowest BCUT2D eigenvalue weighted by Crippen LogP contribution is -2.50. The van der Waals surface area contributed by atoms with Gasteiger partial charge in [0.05, 0.1) is 18.8 Å². The van der Waals surface area contributed by atoms with Gasteiger partial charge in [-0.15, -0.1) is 0 Å². The Hall–Kier alpha value is -1.06. The van der Waals surface area contributed by atoms with Gasteiger partial charge in [-0.1, -0.05) is 31.5 Å². The molecule has 1 aromatic carbocycles. The molecular formula is C18H29NO2. The second-order valence-electron chi connectivity index (χ2n) is 6.10. The van der Waals surface area contributed by atoms with E-state index in [0.29, 0.717) is 18.2 Å². The minimum atomic E-state index is 0.336. The fourth-order valence-corrected chi connectivity index (χ4v) is 3.19. The van der Waals surface area contributed by atoms with Crippen LogP contribution < -0.4 is 4.74 Å². The monoisotopic (exact) mass is 291 g/mol. The van der Waals surface area contributed by atoms with Gasteiger partial charge in [-0.05, 0) is 38.8 Å². The van der Waals surface area contributed by atoms with Crippen LogP contribution in [0, 0.1) is 0 Å². The Morgan fingerprint density at radius 3 is 2.43 bits per heavy atom. The van der Waals surface area contributed by atoms with E-state index in [1.54, 1.807) is 0 Å². The summed E-state index contributed by atoms with van der Waals surface area (Å²) in [7, 11) is 0. The molecule has 3 nitrogen and oxygen atoms in total. The predicted molar refractivity (Wildman–Crippen MR) is 86.8 cm³/mol. The molecule has 0 amide bonds. The van der Waals surface area contributed by atoms with E-state index in [-0.39, 0.29) is 0 Å². The average molecular weight is 291 g/mol. The highest BCUT2D eigenvalue weighted by atomic mass is 16.5. The van der Waals surface area contributed by atoms with Crippen molar-refractivity contribution in [3.05, 3.63) is 30.3 Å². The first-order valence-corrected chi connectivity index (χ1v) is 8.26. The first-order chi connectivity index (χ1) is 10.2. The number of hydrogen-bond donors (Lipinski definition) is 0. The van der Waals surface area contributed by atoms with Crippen LogP contribution in [0.5, 0.6) is 5.75 Å². The van der Waals surface area contributed by atoms with Crippen molar-refractivity contribution in [2.24, 2.45) is 0 Å². The summed E-state index contributed by atoms with van der Waals surface area (Å²) in [6.07, 6.45) is 4.21. The van der Waals surface area contributed by atoms with Gasteiger partial charge in [0.15, 0.2) is 0 Å². The van der Waals surface area contributed by atoms with E-state index in [2.05, 4.69) is 25.7 Å². The normalized spacial score (nSPS) is 24.7. The second-order valence-corrected chi connectivity index (χ2v) is 6.10. The third kappa shape index (κ3) is 5.33. The largest absolute Gasteiger partial charge is 0.494 e. The molecule has 0 aliphatic carbocycles. The third-order valence-electron chi connectivity index (χ3n) is 4.05. The molecule has 3 heteroatoms. The van der Waals surface area contributed by atoms with Gasteiger partial charge in [-0.3, -0.25) is 4.90 Å². The van der Waals surface area contributed by atoms with Gasteiger partial charge in [0.25, 0.3) is 0 Å². The number of morpholine rings is 1. The zero-order valence-corrected chi connectivity index (χ0v) is 13.6. The van der Waals surface area contributed by atoms with Gasteiger partial charge < -0.3 is 9.47 Å². The van der Waals surface area contributed by atoms with Crippen molar-refractivity contribution in [3.63, 3.8) is 0 Å². The highest BCUT2D eigenvalue weighted by Crippen LogP contribution is 2.19. The lowest BCUT2D eigenvalue weighted by molar-refractivity contribution is -0.0830. The van der Waals surface area contributed by atoms with Crippen molar-refractivity contribution in [2.45, 2.75) is 58.3 Å². The van der Waals surface area contributed by atoms with E-state index in [1.807, 2.05) is 30.3 Å². The zero-order valence-electron chi connectivity index (χ0n) is 13.6. The van der Waals surface area contributed by atoms with E-state index < -0.39 is 0 Å². The molecule has 1 aliphatic rings. The number of rotatable bonds is 7. The zero-order chi connectivity index (χ0) is 15.1. The molecule has 21 heavy (non-hydrogen) atoms. The summed E-state index contributed by atoms with van der Waals surface area (Å²) >= 11 is 0. The van der Waals surface area contributed by atoms with E-state index >= 15 is 0 Å². The maximum atomic E-state index is 5.87. The van der Waals surface area contributed by atoms with Crippen LogP contribution in [0.4, 0.5) is 0 Å². The van der Waals surface area contributed by atoms with E-state index in [1.165, 1.54) is 12.8 Å². The van der Waals surface area contributed by atoms with Crippen LogP contribution in [0.25, 0.3) is 0 Å². The van der Waals surface area contributed by atoms with Crippen molar-refractivity contribution in [2.75, 3.05) is 19.7 Å². The summed E-state index contributed by atoms with van der Waals surface area (Å²) in [5.41, 5.74) is 0. The van der Waals surface area contributed by atoms with Crippen LogP contribution >= 0.6 is 0 Å².